The first-order chi connectivity index (χ1) is 11.4. The zero-order chi connectivity index (χ0) is 17.3. The van der Waals surface area contributed by atoms with Gasteiger partial charge in [0.2, 0.25) is 5.89 Å². The van der Waals surface area contributed by atoms with Gasteiger partial charge < -0.3 is 4.42 Å². The van der Waals surface area contributed by atoms with Crippen molar-refractivity contribution < 1.29 is 17.6 Å². The molecule has 0 aliphatic heterocycles. The van der Waals surface area contributed by atoms with E-state index in [-0.39, 0.29) is 5.89 Å². The largest absolute Gasteiger partial charge is 0.470 e. The predicted molar refractivity (Wildman–Crippen MR) is 83.1 cm³/mol. The average Bonchev–Trinajstić information content (AvgIpc) is 3.04. The Morgan fingerprint density at radius 3 is 2.50 bits per heavy atom. The molecule has 0 bridgehead atoms. The summed E-state index contributed by atoms with van der Waals surface area (Å²) in [4.78, 5) is 1.87. The molecular weight excluding hydrogens is 319 g/mol. The molecule has 1 aromatic heterocycles. The number of alkyl halides is 3. The van der Waals surface area contributed by atoms with Crippen LogP contribution in [0.25, 0.3) is 10.8 Å². The van der Waals surface area contributed by atoms with Gasteiger partial charge in [-0.05, 0) is 30.3 Å². The second kappa shape index (κ2) is 6.24. The number of rotatable bonds is 4. The lowest BCUT2D eigenvalue weighted by Crippen LogP contribution is -2.22. The van der Waals surface area contributed by atoms with E-state index in [0.29, 0.717) is 6.54 Å². The number of nitrogens with zero attached hydrogens (tertiary/aromatic N) is 3. The van der Waals surface area contributed by atoms with Crippen LogP contribution in [0.5, 0.6) is 0 Å². The summed E-state index contributed by atoms with van der Waals surface area (Å²) < 4.78 is 42.5. The molecule has 0 spiro atoms. The molecule has 4 nitrogen and oxygen atoms in total. The van der Waals surface area contributed by atoms with Gasteiger partial charge in [0, 0.05) is 6.54 Å². The SMILES string of the molecule is C[C@H](c1nnc(C(F)(F)F)o1)N(C)Cc1cccc2ccccc12. The van der Waals surface area contributed by atoms with Gasteiger partial charge in [-0.25, -0.2) is 0 Å². The van der Waals surface area contributed by atoms with Gasteiger partial charge in [-0.2, -0.15) is 13.2 Å². The highest BCUT2D eigenvalue weighted by molar-refractivity contribution is 5.85. The van der Waals surface area contributed by atoms with Crippen molar-refractivity contribution in [2.75, 3.05) is 7.05 Å². The van der Waals surface area contributed by atoms with Gasteiger partial charge >= 0.3 is 12.1 Å². The van der Waals surface area contributed by atoms with Crippen LogP contribution in [0, 0.1) is 0 Å². The summed E-state index contributed by atoms with van der Waals surface area (Å²) in [5.74, 6) is -1.37. The van der Waals surface area contributed by atoms with Crippen molar-refractivity contribution in [2.45, 2.75) is 25.7 Å². The predicted octanol–water partition coefficient (Wildman–Crippen LogP) is 4.43. The van der Waals surface area contributed by atoms with E-state index < -0.39 is 18.1 Å². The molecule has 0 aliphatic rings. The molecular formula is C17H16F3N3O. The normalized spacial score (nSPS) is 13.6. The van der Waals surface area contributed by atoms with E-state index in [0.717, 1.165) is 16.3 Å². The third-order valence-corrected chi connectivity index (χ3v) is 4.00. The third kappa shape index (κ3) is 3.26. The highest BCUT2D eigenvalue weighted by Crippen LogP contribution is 2.30. The lowest BCUT2D eigenvalue weighted by Gasteiger charge is -2.22. The van der Waals surface area contributed by atoms with Crippen LogP contribution in [-0.4, -0.2) is 22.1 Å². The van der Waals surface area contributed by atoms with Crippen LogP contribution in [0.15, 0.2) is 46.9 Å². The van der Waals surface area contributed by atoms with Crippen molar-refractivity contribution in [1.29, 1.82) is 0 Å². The monoisotopic (exact) mass is 335 g/mol. The van der Waals surface area contributed by atoms with Gasteiger partial charge in [0.25, 0.3) is 0 Å². The molecule has 126 valence electrons. The van der Waals surface area contributed by atoms with Crippen molar-refractivity contribution in [3.63, 3.8) is 0 Å². The molecule has 0 radical (unpaired) electrons. The van der Waals surface area contributed by atoms with Gasteiger partial charge in [0.1, 0.15) is 0 Å². The van der Waals surface area contributed by atoms with E-state index in [9.17, 15) is 13.2 Å². The van der Waals surface area contributed by atoms with Crippen LogP contribution in [-0.2, 0) is 12.7 Å². The Kier molecular flexibility index (Phi) is 4.28. The van der Waals surface area contributed by atoms with E-state index in [1.165, 1.54) is 0 Å². The minimum absolute atomic E-state index is 0.0509. The summed E-state index contributed by atoms with van der Waals surface area (Å²) in [6.07, 6.45) is -4.63. The molecule has 0 fully saturated rings. The first-order valence-electron chi connectivity index (χ1n) is 7.43. The highest BCUT2D eigenvalue weighted by Gasteiger charge is 2.38. The van der Waals surface area contributed by atoms with Crippen molar-refractivity contribution in [3.05, 3.63) is 59.8 Å². The van der Waals surface area contributed by atoms with E-state index in [2.05, 4.69) is 10.2 Å². The molecule has 0 saturated carbocycles. The smallest absolute Gasteiger partial charge is 0.416 e. The average molecular weight is 335 g/mol. The van der Waals surface area contributed by atoms with Gasteiger partial charge in [-0.15, -0.1) is 10.2 Å². The zero-order valence-electron chi connectivity index (χ0n) is 13.2. The fraction of sp³-hybridized carbons (Fsp3) is 0.294. The molecule has 24 heavy (non-hydrogen) atoms. The van der Waals surface area contributed by atoms with Crippen LogP contribution < -0.4 is 0 Å². The molecule has 1 atom stereocenters. The summed E-state index contributed by atoms with van der Waals surface area (Å²) in [6, 6.07) is 13.5. The summed E-state index contributed by atoms with van der Waals surface area (Å²) in [7, 11) is 1.81. The number of benzene rings is 2. The minimum Gasteiger partial charge on any atom is -0.416 e. The summed E-state index contributed by atoms with van der Waals surface area (Å²) in [5, 5.41) is 8.84. The van der Waals surface area contributed by atoms with Crippen molar-refractivity contribution in [2.24, 2.45) is 0 Å². The quantitative estimate of drug-likeness (QED) is 0.707. The molecule has 0 unspecified atom stereocenters. The Balaban J connectivity index is 1.81. The molecule has 0 aliphatic carbocycles. The summed E-state index contributed by atoms with van der Waals surface area (Å²) in [5.41, 5.74) is 1.08. The Hall–Kier alpha value is -2.41. The van der Waals surface area contributed by atoms with Crippen LogP contribution in [0.4, 0.5) is 13.2 Å². The lowest BCUT2D eigenvalue weighted by atomic mass is 10.0. The van der Waals surface area contributed by atoms with E-state index >= 15 is 0 Å². The first-order valence-corrected chi connectivity index (χ1v) is 7.43. The molecule has 3 rings (SSSR count). The Bertz CT molecular complexity index is 839. The molecule has 0 saturated heterocycles. The number of hydrogen-bond donors (Lipinski definition) is 0. The lowest BCUT2D eigenvalue weighted by molar-refractivity contribution is -0.157. The zero-order valence-corrected chi connectivity index (χ0v) is 13.2. The van der Waals surface area contributed by atoms with Gasteiger partial charge in [-0.3, -0.25) is 4.90 Å². The second-order valence-corrected chi connectivity index (χ2v) is 5.67. The summed E-state index contributed by atoms with van der Waals surface area (Å²) in [6.45, 7) is 2.28. The fourth-order valence-electron chi connectivity index (χ4n) is 2.54. The second-order valence-electron chi connectivity index (χ2n) is 5.67. The van der Waals surface area contributed by atoms with E-state index in [1.54, 1.807) is 6.92 Å². The number of aromatic nitrogens is 2. The van der Waals surface area contributed by atoms with Crippen LogP contribution in [0.3, 0.4) is 0 Å². The molecule has 2 aromatic carbocycles. The Morgan fingerprint density at radius 2 is 1.79 bits per heavy atom. The van der Waals surface area contributed by atoms with Crippen molar-refractivity contribution >= 4 is 10.8 Å². The maximum Gasteiger partial charge on any atom is 0.470 e. The molecule has 7 heteroatoms. The maximum absolute atomic E-state index is 12.6. The standard InChI is InChI=1S/C17H16F3N3O/c1-11(15-21-22-16(24-15)17(18,19)20)23(2)10-13-8-5-7-12-6-3-4-9-14(12)13/h3-9,11H,10H2,1-2H3/t11-/m1/s1. The summed E-state index contributed by atoms with van der Waals surface area (Å²) >= 11 is 0. The molecule has 3 aromatic rings. The molecule has 0 N–H and O–H groups in total. The van der Waals surface area contributed by atoms with E-state index in [4.69, 9.17) is 4.42 Å². The Labute approximate surface area is 136 Å². The highest BCUT2D eigenvalue weighted by atomic mass is 19.4. The molecule has 1 heterocycles. The Morgan fingerprint density at radius 1 is 1.08 bits per heavy atom. The topological polar surface area (TPSA) is 42.2 Å². The fourth-order valence-corrected chi connectivity index (χ4v) is 2.54. The minimum atomic E-state index is -4.63. The number of halogens is 3. The van der Waals surface area contributed by atoms with Gasteiger partial charge in [-0.1, -0.05) is 42.5 Å². The van der Waals surface area contributed by atoms with Gasteiger partial charge in [0.05, 0.1) is 6.04 Å². The van der Waals surface area contributed by atoms with Crippen molar-refractivity contribution in [1.82, 2.24) is 15.1 Å². The van der Waals surface area contributed by atoms with E-state index in [1.807, 2.05) is 54.4 Å². The number of hydrogen-bond acceptors (Lipinski definition) is 4. The van der Waals surface area contributed by atoms with Crippen LogP contribution in [0.1, 0.15) is 30.3 Å². The van der Waals surface area contributed by atoms with Crippen molar-refractivity contribution in [3.8, 4) is 0 Å². The first kappa shape index (κ1) is 16.4. The number of fused-ring (bicyclic) bond motifs is 1. The molecule has 0 amide bonds. The van der Waals surface area contributed by atoms with Gasteiger partial charge in [0.15, 0.2) is 0 Å². The van der Waals surface area contributed by atoms with Crippen LogP contribution >= 0.6 is 0 Å². The third-order valence-electron chi connectivity index (χ3n) is 4.00. The van der Waals surface area contributed by atoms with Crippen LogP contribution in [0.2, 0.25) is 0 Å². The maximum atomic E-state index is 12.6.